The molecule has 1 aromatic carbocycles. The average molecular weight is 485 g/mol. The van der Waals surface area contributed by atoms with Crippen molar-refractivity contribution in [1.82, 2.24) is 15.3 Å². The first-order chi connectivity index (χ1) is 16.9. The molecule has 3 rings (SSSR count). The summed E-state index contributed by atoms with van der Waals surface area (Å²) < 4.78 is 11.4. The summed E-state index contributed by atoms with van der Waals surface area (Å²) in [5, 5.41) is 22.1. The number of hydrogen-bond donors (Lipinski definition) is 3. The van der Waals surface area contributed by atoms with E-state index in [4.69, 9.17) is 14.9 Å². The molecule has 2 heterocycles. The molecule has 0 amide bonds. The van der Waals surface area contributed by atoms with Gasteiger partial charge in [0.15, 0.2) is 10.9 Å². The number of benzene rings is 1. The lowest BCUT2D eigenvalue weighted by Crippen LogP contribution is -2.45. The number of ether oxygens (including phenoxy) is 2. The fraction of sp³-hybridized carbons (Fsp3) is 0.435. The van der Waals surface area contributed by atoms with Crippen LogP contribution < -0.4 is 20.5 Å². The maximum Gasteiger partial charge on any atom is 0.254 e. The van der Waals surface area contributed by atoms with Crippen LogP contribution in [0, 0.1) is 22.4 Å². The maximum atomic E-state index is 10.7. The largest absolute Gasteiger partial charge is 0.476 e. The number of rotatable bonds is 11. The minimum Gasteiger partial charge on any atom is -0.476 e. The Labute approximate surface area is 204 Å². The van der Waals surface area contributed by atoms with E-state index in [-0.39, 0.29) is 12.6 Å². The van der Waals surface area contributed by atoms with Crippen LogP contribution in [0.3, 0.4) is 0 Å². The Kier molecular flexibility index (Phi) is 9.60. The summed E-state index contributed by atoms with van der Waals surface area (Å²) in [6.45, 7) is 7.75. The number of pyridine rings is 1. The number of guanidine groups is 1. The molecule has 35 heavy (non-hydrogen) atoms. The van der Waals surface area contributed by atoms with Crippen LogP contribution in [0.4, 0.5) is 11.5 Å². The second-order valence-electron chi connectivity index (χ2n) is 7.99. The van der Waals surface area contributed by atoms with Crippen molar-refractivity contribution in [2.24, 2.45) is 5.10 Å². The zero-order valence-corrected chi connectivity index (χ0v) is 20.1. The van der Waals surface area contributed by atoms with Crippen molar-refractivity contribution >= 4 is 23.7 Å². The molecule has 0 aliphatic carbocycles. The molecule has 188 valence electrons. The molecule has 12 heteroatoms. The third kappa shape index (κ3) is 8.41. The highest BCUT2D eigenvalue weighted by molar-refractivity contribution is 5.80. The highest BCUT2D eigenvalue weighted by Gasteiger charge is 2.16. The normalized spacial score (nSPS) is 13.5. The number of hydrazine groups is 1. The molecule has 1 aliphatic rings. The number of anilines is 2. The molecule has 0 bridgehead atoms. The number of nitro groups is 1. The molecular weight excluding hydrogens is 452 g/mol. The Morgan fingerprint density at radius 1 is 1.34 bits per heavy atom. The fourth-order valence-electron chi connectivity index (χ4n) is 3.57. The molecule has 0 spiro atoms. The minimum atomic E-state index is -0.742. The molecule has 1 aliphatic heterocycles. The van der Waals surface area contributed by atoms with Crippen LogP contribution in [0.25, 0.3) is 0 Å². The predicted molar refractivity (Wildman–Crippen MR) is 135 cm³/mol. The van der Waals surface area contributed by atoms with Gasteiger partial charge in [-0.15, -0.1) is 0 Å². The quantitative estimate of drug-likeness (QED) is 0.190. The molecular formula is C23H32N8O4. The molecule has 0 unspecified atom stereocenters. The van der Waals surface area contributed by atoms with Gasteiger partial charge in [0.1, 0.15) is 6.61 Å². The smallest absolute Gasteiger partial charge is 0.254 e. The van der Waals surface area contributed by atoms with Crippen molar-refractivity contribution in [3.8, 4) is 5.88 Å². The summed E-state index contributed by atoms with van der Waals surface area (Å²) in [4.78, 5) is 18.9. The van der Waals surface area contributed by atoms with Gasteiger partial charge in [-0.05, 0) is 18.9 Å². The van der Waals surface area contributed by atoms with Gasteiger partial charge in [0.05, 0.1) is 26.0 Å². The van der Waals surface area contributed by atoms with E-state index in [2.05, 4.69) is 20.4 Å². The minimum absolute atomic E-state index is 0.202. The van der Waals surface area contributed by atoms with Crippen LogP contribution in [0.1, 0.15) is 24.5 Å². The lowest BCUT2D eigenvalue weighted by atomic mass is 10.2. The lowest BCUT2D eigenvalue weighted by Gasteiger charge is -2.29. The van der Waals surface area contributed by atoms with E-state index in [9.17, 15) is 10.1 Å². The van der Waals surface area contributed by atoms with Gasteiger partial charge in [0.25, 0.3) is 5.96 Å². The van der Waals surface area contributed by atoms with Crippen LogP contribution in [0.2, 0.25) is 0 Å². The van der Waals surface area contributed by atoms with Gasteiger partial charge >= 0.3 is 0 Å². The van der Waals surface area contributed by atoms with Crippen LogP contribution in [-0.4, -0.2) is 73.1 Å². The number of nitrogens with zero attached hydrogens (tertiary/aromatic N) is 5. The van der Waals surface area contributed by atoms with E-state index in [0.29, 0.717) is 38.0 Å². The summed E-state index contributed by atoms with van der Waals surface area (Å²) in [6.07, 6.45) is 2.47. The predicted octanol–water partition coefficient (Wildman–Crippen LogP) is 2.48. The van der Waals surface area contributed by atoms with Crippen LogP contribution in [0.5, 0.6) is 5.88 Å². The van der Waals surface area contributed by atoms with Crippen LogP contribution in [-0.2, 0) is 4.74 Å². The second kappa shape index (κ2) is 13.1. The van der Waals surface area contributed by atoms with Gasteiger partial charge in [0, 0.05) is 37.5 Å². The van der Waals surface area contributed by atoms with Crippen molar-refractivity contribution in [1.29, 1.82) is 5.41 Å². The number of hydrogen-bond acceptors (Lipinski definition) is 9. The first-order valence-electron chi connectivity index (χ1n) is 11.5. The summed E-state index contributed by atoms with van der Waals surface area (Å²) in [7, 11) is 0. The number of hydrazone groups is 1. The molecule has 0 saturated carbocycles. The molecule has 3 N–H and O–H groups in total. The SMILES string of the molecule is CCCN(CCOc1cc(N2CCOCC2)cc(NN=Cc2cccc(C)c2)n1)C(=N)N[N+](=O)[O-]. The van der Waals surface area contributed by atoms with E-state index in [1.807, 2.05) is 55.7 Å². The fourth-order valence-corrected chi connectivity index (χ4v) is 3.57. The molecule has 1 aromatic heterocycles. The Hall–Kier alpha value is -3.93. The third-order valence-corrected chi connectivity index (χ3v) is 5.22. The van der Waals surface area contributed by atoms with Crippen molar-refractivity contribution in [3.63, 3.8) is 0 Å². The topological polar surface area (TPSA) is 141 Å². The van der Waals surface area contributed by atoms with E-state index >= 15 is 0 Å². The highest BCUT2D eigenvalue weighted by atomic mass is 16.7. The zero-order valence-electron chi connectivity index (χ0n) is 20.1. The van der Waals surface area contributed by atoms with Gasteiger partial charge in [-0.2, -0.15) is 10.1 Å². The van der Waals surface area contributed by atoms with E-state index in [1.54, 1.807) is 11.1 Å². The molecule has 12 nitrogen and oxygen atoms in total. The average Bonchev–Trinajstić information content (AvgIpc) is 2.83. The molecule has 0 radical (unpaired) electrons. The summed E-state index contributed by atoms with van der Waals surface area (Å²) >= 11 is 0. The highest BCUT2D eigenvalue weighted by Crippen LogP contribution is 2.25. The number of nitrogens with one attached hydrogen (secondary N) is 3. The van der Waals surface area contributed by atoms with Gasteiger partial charge in [-0.1, -0.05) is 42.2 Å². The lowest BCUT2D eigenvalue weighted by molar-refractivity contribution is -0.526. The molecule has 2 aromatic rings. The Balaban J connectivity index is 1.70. The molecule has 0 atom stereocenters. The summed E-state index contributed by atoms with van der Waals surface area (Å²) in [5.41, 5.74) is 7.93. The summed E-state index contributed by atoms with van der Waals surface area (Å²) in [6, 6.07) is 11.8. The maximum absolute atomic E-state index is 10.7. The summed E-state index contributed by atoms with van der Waals surface area (Å²) in [5.74, 6) is 0.650. The van der Waals surface area contributed by atoms with E-state index < -0.39 is 5.03 Å². The van der Waals surface area contributed by atoms with Crippen molar-refractivity contribution < 1.29 is 14.5 Å². The van der Waals surface area contributed by atoms with Crippen molar-refractivity contribution in [2.45, 2.75) is 20.3 Å². The first kappa shape index (κ1) is 25.7. The van der Waals surface area contributed by atoms with Gasteiger partial charge < -0.3 is 19.3 Å². The number of morpholine rings is 1. The standard InChI is InChI=1S/C23H32N8O4/c1-3-7-30(23(24)28-31(32)33)10-13-35-22-16-20(29-8-11-34-12-9-29)15-21(26-22)27-25-17-19-6-4-5-18(2)14-19/h4-6,14-17H,3,7-13H2,1-2H3,(H2,24,28)(H,26,27). The first-order valence-corrected chi connectivity index (χ1v) is 11.5. The third-order valence-electron chi connectivity index (χ3n) is 5.22. The zero-order chi connectivity index (χ0) is 25.0. The molecule has 1 fully saturated rings. The number of aromatic nitrogens is 1. The second-order valence-corrected chi connectivity index (χ2v) is 7.99. The monoisotopic (exact) mass is 484 g/mol. The van der Waals surface area contributed by atoms with Crippen LogP contribution in [0.15, 0.2) is 41.5 Å². The van der Waals surface area contributed by atoms with Gasteiger partial charge in [-0.25, -0.2) is 10.1 Å². The molecule has 1 saturated heterocycles. The van der Waals surface area contributed by atoms with Crippen LogP contribution >= 0.6 is 0 Å². The van der Waals surface area contributed by atoms with E-state index in [0.717, 1.165) is 36.3 Å². The number of aryl methyl sites for hydroxylation is 1. The Morgan fingerprint density at radius 3 is 2.86 bits per heavy atom. The van der Waals surface area contributed by atoms with Gasteiger partial charge in [0.2, 0.25) is 5.88 Å². The van der Waals surface area contributed by atoms with E-state index in [1.165, 1.54) is 0 Å². The Bertz CT molecular complexity index is 1030. The van der Waals surface area contributed by atoms with Crippen molar-refractivity contribution in [3.05, 3.63) is 57.6 Å². The van der Waals surface area contributed by atoms with Crippen molar-refractivity contribution in [2.75, 3.05) is 56.3 Å². The Morgan fingerprint density at radius 2 is 2.14 bits per heavy atom. The van der Waals surface area contributed by atoms with Gasteiger partial charge in [-0.3, -0.25) is 10.8 Å².